The molecule has 0 radical (unpaired) electrons. The van der Waals surface area contributed by atoms with Crippen molar-refractivity contribution >= 4 is 23.4 Å². The van der Waals surface area contributed by atoms with Gasteiger partial charge in [0.25, 0.3) is 5.56 Å². The molecule has 0 amide bonds. The van der Waals surface area contributed by atoms with Crippen LogP contribution in [-0.4, -0.2) is 15.6 Å². The lowest BCUT2D eigenvalue weighted by atomic mass is 10.2. The highest BCUT2D eigenvalue weighted by Crippen LogP contribution is 2.14. The highest BCUT2D eigenvalue weighted by atomic mass is 16.3. The molecule has 0 aliphatic carbocycles. The summed E-state index contributed by atoms with van der Waals surface area (Å²) in [6.07, 6.45) is 4.80. The van der Waals surface area contributed by atoms with Gasteiger partial charge in [0.1, 0.15) is 22.8 Å². The number of nitrogens with one attached hydrogen (secondary N) is 2. The predicted molar refractivity (Wildman–Crippen MR) is 110 cm³/mol. The first kappa shape index (κ1) is 17.5. The molecule has 1 aromatic carbocycles. The van der Waals surface area contributed by atoms with Crippen LogP contribution in [0.4, 0.5) is 11.5 Å². The largest absolute Gasteiger partial charge is 0.467 e. The number of benzene rings is 1. The highest BCUT2D eigenvalue weighted by molar-refractivity contribution is 5.87. The van der Waals surface area contributed by atoms with E-state index in [4.69, 9.17) is 4.42 Å². The average Bonchev–Trinajstić information content (AvgIpc) is 3.23. The molecular weight excluding hydrogens is 354 g/mol. The fraction of sp³-hybridized carbons (Fsp3) is 0.0952. The molecule has 7 nitrogen and oxygen atoms in total. The Balaban J connectivity index is 1.72. The van der Waals surface area contributed by atoms with Crippen molar-refractivity contribution in [2.45, 2.75) is 13.5 Å². The van der Waals surface area contributed by atoms with E-state index in [-0.39, 0.29) is 5.56 Å². The number of pyridine rings is 1. The maximum Gasteiger partial charge on any atom is 0.268 e. The van der Waals surface area contributed by atoms with Gasteiger partial charge in [0.2, 0.25) is 0 Å². The van der Waals surface area contributed by atoms with Crippen molar-refractivity contribution in [3.05, 3.63) is 94.3 Å². The van der Waals surface area contributed by atoms with Gasteiger partial charge in [0.15, 0.2) is 0 Å². The summed E-state index contributed by atoms with van der Waals surface area (Å²) < 4.78 is 6.88. The van der Waals surface area contributed by atoms with Crippen LogP contribution in [0.3, 0.4) is 0 Å². The summed E-state index contributed by atoms with van der Waals surface area (Å²) in [5, 5.41) is 7.40. The molecule has 0 bridgehead atoms. The number of fused-ring (bicyclic) bond motifs is 1. The fourth-order valence-corrected chi connectivity index (χ4v) is 2.83. The summed E-state index contributed by atoms with van der Waals surface area (Å²) >= 11 is 0. The van der Waals surface area contributed by atoms with Gasteiger partial charge in [0.05, 0.1) is 24.7 Å². The van der Waals surface area contributed by atoms with E-state index < -0.39 is 0 Å². The Morgan fingerprint density at radius 3 is 2.79 bits per heavy atom. The Bertz CT molecular complexity index is 1160. The van der Waals surface area contributed by atoms with Crippen LogP contribution in [0.5, 0.6) is 0 Å². The van der Waals surface area contributed by atoms with E-state index >= 15 is 0 Å². The van der Waals surface area contributed by atoms with Crippen LogP contribution in [0.25, 0.3) is 5.65 Å². The molecule has 4 rings (SSSR count). The maximum absolute atomic E-state index is 13.0. The molecule has 0 aliphatic rings. The van der Waals surface area contributed by atoms with Crippen molar-refractivity contribution in [1.82, 2.24) is 9.38 Å². The van der Waals surface area contributed by atoms with E-state index in [1.807, 2.05) is 61.5 Å². The summed E-state index contributed by atoms with van der Waals surface area (Å²) in [4.78, 5) is 17.7. The van der Waals surface area contributed by atoms with Gasteiger partial charge in [0, 0.05) is 6.20 Å². The van der Waals surface area contributed by atoms with Crippen LogP contribution < -0.4 is 16.3 Å². The summed E-state index contributed by atoms with van der Waals surface area (Å²) in [6.45, 7) is 2.33. The van der Waals surface area contributed by atoms with Crippen LogP contribution in [0, 0.1) is 6.92 Å². The molecule has 3 heterocycles. The van der Waals surface area contributed by atoms with Crippen LogP contribution >= 0.6 is 0 Å². The van der Waals surface area contributed by atoms with Gasteiger partial charge >= 0.3 is 0 Å². The second-order valence-corrected chi connectivity index (χ2v) is 6.23. The monoisotopic (exact) mass is 373 g/mol. The number of hydrazone groups is 1. The third-order valence-corrected chi connectivity index (χ3v) is 4.26. The van der Waals surface area contributed by atoms with Crippen LogP contribution in [-0.2, 0) is 6.54 Å². The van der Waals surface area contributed by atoms with E-state index in [1.54, 1.807) is 12.5 Å². The quantitative estimate of drug-likeness (QED) is 0.398. The van der Waals surface area contributed by atoms with Gasteiger partial charge in [-0.15, -0.1) is 0 Å². The van der Waals surface area contributed by atoms with Crippen molar-refractivity contribution in [1.29, 1.82) is 0 Å². The Hall–Kier alpha value is -3.87. The molecule has 140 valence electrons. The second kappa shape index (κ2) is 7.79. The molecule has 0 aliphatic heterocycles. The molecule has 28 heavy (non-hydrogen) atoms. The standard InChI is InChI=1S/C21H19N5O2/c1-15-7-5-11-26-20(15)24-19(22-13-17-10-6-12-28-17)18(21(26)27)14-23-25-16-8-3-2-4-9-16/h2-12,14,22,25H,13H2,1H3/b23-14+. The number of nitrogens with zero attached hydrogens (tertiary/aromatic N) is 3. The zero-order chi connectivity index (χ0) is 19.3. The lowest BCUT2D eigenvalue weighted by molar-refractivity contribution is 0.518. The number of furan rings is 1. The topological polar surface area (TPSA) is 83.9 Å². The number of hydrogen-bond donors (Lipinski definition) is 2. The minimum absolute atomic E-state index is 0.200. The summed E-state index contributed by atoms with van der Waals surface area (Å²) in [5.74, 6) is 1.20. The Morgan fingerprint density at radius 2 is 2.00 bits per heavy atom. The summed E-state index contributed by atoms with van der Waals surface area (Å²) in [7, 11) is 0. The van der Waals surface area contributed by atoms with Crippen LogP contribution in [0.15, 0.2) is 81.4 Å². The van der Waals surface area contributed by atoms with Crippen LogP contribution in [0.2, 0.25) is 0 Å². The first-order valence-corrected chi connectivity index (χ1v) is 8.85. The third-order valence-electron chi connectivity index (χ3n) is 4.26. The molecule has 0 atom stereocenters. The van der Waals surface area contributed by atoms with Crippen molar-refractivity contribution in [3.8, 4) is 0 Å². The van der Waals surface area contributed by atoms with Gasteiger partial charge in [-0.1, -0.05) is 24.3 Å². The van der Waals surface area contributed by atoms with E-state index in [0.29, 0.717) is 23.6 Å². The Labute approximate surface area is 161 Å². The Morgan fingerprint density at radius 1 is 1.14 bits per heavy atom. The molecule has 0 saturated heterocycles. The maximum atomic E-state index is 13.0. The van der Waals surface area contributed by atoms with E-state index in [0.717, 1.165) is 17.0 Å². The molecular formula is C21H19N5O2. The van der Waals surface area contributed by atoms with Crippen molar-refractivity contribution in [2.24, 2.45) is 5.10 Å². The van der Waals surface area contributed by atoms with E-state index in [2.05, 4.69) is 20.8 Å². The first-order valence-electron chi connectivity index (χ1n) is 8.85. The predicted octanol–water partition coefficient (Wildman–Crippen LogP) is 3.65. The van der Waals surface area contributed by atoms with Gasteiger partial charge in [-0.25, -0.2) is 4.98 Å². The fourth-order valence-electron chi connectivity index (χ4n) is 2.83. The molecule has 0 fully saturated rings. The van der Waals surface area contributed by atoms with Gasteiger partial charge in [-0.05, 0) is 42.8 Å². The number of aryl methyl sites for hydroxylation is 1. The molecule has 0 spiro atoms. The van der Waals surface area contributed by atoms with Crippen molar-refractivity contribution in [2.75, 3.05) is 10.7 Å². The van der Waals surface area contributed by atoms with E-state index in [1.165, 1.54) is 10.6 Å². The first-order chi connectivity index (χ1) is 13.7. The summed E-state index contributed by atoms with van der Waals surface area (Å²) in [5.41, 5.74) is 5.42. The number of para-hydroxylation sites is 1. The van der Waals surface area contributed by atoms with Crippen molar-refractivity contribution in [3.63, 3.8) is 0 Å². The number of anilines is 2. The number of rotatable bonds is 6. The lowest BCUT2D eigenvalue weighted by Gasteiger charge is -2.11. The smallest absolute Gasteiger partial charge is 0.268 e. The van der Waals surface area contributed by atoms with E-state index in [9.17, 15) is 4.79 Å². The third kappa shape index (κ3) is 3.64. The minimum atomic E-state index is -0.200. The second-order valence-electron chi connectivity index (χ2n) is 6.23. The summed E-state index contributed by atoms with van der Waals surface area (Å²) in [6, 6.07) is 16.9. The lowest BCUT2D eigenvalue weighted by Crippen LogP contribution is -2.23. The van der Waals surface area contributed by atoms with Gasteiger partial charge in [-0.3, -0.25) is 14.6 Å². The highest BCUT2D eigenvalue weighted by Gasteiger charge is 2.13. The molecule has 0 saturated carbocycles. The Kier molecular flexibility index (Phi) is 4.88. The molecule has 2 N–H and O–H groups in total. The molecule has 3 aromatic heterocycles. The van der Waals surface area contributed by atoms with Gasteiger partial charge in [-0.2, -0.15) is 5.10 Å². The van der Waals surface area contributed by atoms with Crippen molar-refractivity contribution < 1.29 is 4.42 Å². The normalized spacial score (nSPS) is 11.2. The SMILES string of the molecule is Cc1cccn2c(=O)c(/C=N/Nc3ccccc3)c(NCc3ccco3)nc12. The molecule has 4 aromatic rings. The van der Waals surface area contributed by atoms with Crippen LogP contribution in [0.1, 0.15) is 16.9 Å². The zero-order valence-electron chi connectivity index (χ0n) is 15.3. The molecule has 7 heteroatoms. The minimum Gasteiger partial charge on any atom is -0.467 e. The zero-order valence-corrected chi connectivity index (χ0v) is 15.3. The average molecular weight is 373 g/mol. The molecule has 0 unspecified atom stereocenters. The number of hydrogen-bond acceptors (Lipinski definition) is 6. The van der Waals surface area contributed by atoms with Gasteiger partial charge < -0.3 is 9.73 Å². The number of aromatic nitrogens is 2.